The van der Waals surface area contributed by atoms with Crippen LogP contribution in [0.1, 0.15) is 37.7 Å². The van der Waals surface area contributed by atoms with Crippen molar-refractivity contribution in [2.45, 2.75) is 43.4 Å². The van der Waals surface area contributed by atoms with Crippen LogP contribution in [0, 0.1) is 17.8 Å². The number of hydrogen-bond acceptors (Lipinski definition) is 5. The van der Waals surface area contributed by atoms with Crippen molar-refractivity contribution in [1.82, 2.24) is 9.97 Å². The van der Waals surface area contributed by atoms with E-state index in [0.717, 1.165) is 55.2 Å². The first-order valence-corrected chi connectivity index (χ1v) is 12.0. The summed E-state index contributed by atoms with van der Waals surface area (Å²) in [5, 5.41) is 0.568. The van der Waals surface area contributed by atoms with Gasteiger partial charge in [0.15, 0.2) is 0 Å². The van der Waals surface area contributed by atoms with Crippen LogP contribution >= 0.6 is 11.6 Å². The zero-order valence-electron chi connectivity index (χ0n) is 16.2. The lowest BCUT2D eigenvalue weighted by Gasteiger charge is -2.32. The molecule has 6 nitrogen and oxygen atoms in total. The van der Waals surface area contributed by atoms with Crippen LogP contribution in [0.4, 0.5) is 5.95 Å². The van der Waals surface area contributed by atoms with E-state index in [1.54, 1.807) is 24.5 Å². The fourth-order valence-electron chi connectivity index (χ4n) is 4.57. The van der Waals surface area contributed by atoms with Gasteiger partial charge in [-0.25, -0.2) is 9.97 Å². The molecule has 0 radical (unpaired) electrons. The van der Waals surface area contributed by atoms with Gasteiger partial charge in [0, 0.05) is 13.1 Å². The molecule has 1 N–H and O–H groups in total. The highest BCUT2D eigenvalue weighted by Crippen LogP contribution is 2.50. The Morgan fingerprint density at radius 2 is 1.76 bits per heavy atom. The lowest BCUT2D eigenvalue weighted by atomic mass is 9.90. The Hall–Kier alpha value is -1.70. The second-order valence-corrected chi connectivity index (χ2v) is 10.1. The van der Waals surface area contributed by atoms with Crippen LogP contribution in [0.2, 0.25) is 5.02 Å². The number of piperidine rings is 1. The Labute approximate surface area is 177 Å². The van der Waals surface area contributed by atoms with E-state index in [2.05, 4.69) is 14.9 Å². The molecule has 0 spiro atoms. The van der Waals surface area contributed by atoms with Crippen LogP contribution in [-0.4, -0.2) is 36.0 Å². The summed E-state index contributed by atoms with van der Waals surface area (Å²) in [5.74, 6) is 3.26. The predicted octanol–water partition coefficient (Wildman–Crippen LogP) is 4.25. The van der Waals surface area contributed by atoms with E-state index in [-0.39, 0.29) is 4.90 Å². The molecule has 2 atom stereocenters. The molecule has 1 saturated heterocycles. The van der Waals surface area contributed by atoms with Crippen LogP contribution in [0.25, 0.3) is 0 Å². The average molecular weight is 436 g/mol. The minimum atomic E-state index is -4.10. The first kappa shape index (κ1) is 20.6. The highest BCUT2D eigenvalue weighted by Gasteiger charge is 2.42. The van der Waals surface area contributed by atoms with Gasteiger partial charge in [0.1, 0.15) is 0 Å². The van der Waals surface area contributed by atoms with Gasteiger partial charge in [-0.15, -0.1) is 0 Å². The van der Waals surface area contributed by atoms with E-state index in [1.807, 2.05) is 0 Å². The number of nitrogens with zero attached hydrogens (tertiary/aromatic N) is 3. The number of aryl methyl sites for hydroxylation is 1. The van der Waals surface area contributed by atoms with Crippen molar-refractivity contribution in [3.8, 4) is 0 Å². The normalized spacial score (nSPS) is 22.6. The monoisotopic (exact) mass is 435 g/mol. The highest BCUT2D eigenvalue weighted by atomic mass is 35.5. The maximum atomic E-state index is 11.1. The third-order valence-corrected chi connectivity index (χ3v) is 7.34. The number of aromatic nitrogens is 2. The molecule has 0 unspecified atom stereocenters. The minimum Gasteiger partial charge on any atom is -0.341 e. The van der Waals surface area contributed by atoms with Crippen molar-refractivity contribution in [2.24, 2.45) is 17.8 Å². The van der Waals surface area contributed by atoms with E-state index < -0.39 is 10.1 Å². The molecule has 1 aromatic heterocycles. The largest absolute Gasteiger partial charge is 0.341 e. The number of rotatable bonds is 7. The maximum Gasteiger partial charge on any atom is 0.294 e. The van der Waals surface area contributed by atoms with Gasteiger partial charge in [-0.1, -0.05) is 23.7 Å². The molecular weight excluding hydrogens is 410 g/mol. The molecule has 1 aliphatic carbocycles. The number of hydrogen-bond donors (Lipinski definition) is 1. The zero-order chi connectivity index (χ0) is 20.4. The SMILES string of the molecule is O=S(=O)(O)c1ccc(CCC[C@@H]2C[C@H]2C2CCN(c3ncc(Cl)cn3)CC2)cc1. The van der Waals surface area contributed by atoms with Crippen molar-refractivity contribution in [1.29, 1.82) is 0 Å². The molecule has 1 saturated carbocycles. The van der Waals surface area contributed by atoms with Gasteiger partial charge >= 0.3 is 0 Å². The predicted molar refractivity (Wildman–Crippen MR) is 113 cm³/mol. The summed E-state index contributed by atoms with van der Waals surface area (Å²) in [6, 6.07) is 6.54. The van der Waals surface area contributed by atoms with Crippen molar-refractivity contribution in [3.05, 3.63) is 47.2 Å². The third kappa shape index (κ3) is 5.27. The van der Waals surface area contributed by atoms with E-state index in [0.29, 0.717) is 5.02 Å². The molecule has 0 amide bonds. The van der Waals surface area contributed by atoms with Gasteiger partial charge in [0.25, 0.3) is 10.1 Å². The van der Waals surface area contributed by atoms with Gasteiger partial charge < -0.3 is 4.90 Å². The van der Waals surface area contributed by atoms with E-state index in [9.17, 15) is 8.42 Å². The molecule has 2 aromatic rings. The van der Waals surface area contributed by atoms with Crippen molar-refractivity contribution < 1.29 is 13.0 Å². The van der Waals surface area contributed by atoms with Crippen molar-refractivity contribution in [2.75, 3.05) is 18.0 Å². The van der Waals surface area contributed by atoms with Crippen molar-refractivity contribution >= 4 is 27.7 Å². The lowest BCUT2D eigenvalue weighted by molar-refractivity contribution is 0.341. The highest BCUT2D eigenvalue weighted by molar-refractivity contribution is 7.85. The molecular formula is C21H26ClN3O3S. The van der Waals surface area contributed by atoms with Crippen molar-refractivity contribution in [3.63, 3.8) is 0 Å². The Balaban J connectivity index is 1.18. The van der Waals surface area contributed by atoms with Gasteiger partial charge in [0.05, 0.1) is 22.3 Å². The van der Waals surface area contributed by atoms with E-state index in [1.165, 1.54) is 37.8 Å². The standard InChI is InChI=1S/C21H26ClN3O3S/c22-18-13-23-21(24-14-18)25-10-8-16(9-11-25)20-12-17(20)3-1-2-15-4-6-19(7-5-15)29(26,27)28/h4-7,13-14,16-17,20H,1-3,8-12H2,(H,26,27,28)/t17-,20+/m1/s1. The van der Waals surface area contributed by atoms with E-state index >= 15 is 0 Å². The molecule has 29 heavy (non-hydrogen) atoms. The smallest absolute Gasteiger partial charge is 0.294 e. The molecule has 8 heteroatoms. The first-order valence-electron chi connectivity index (χ1n) is 10.2. The summed E-state index contributed by atoms with van der Waals surface area (Å²) in [4.78, 5) is 10.9. The first-order chi connectivity index (χ1) is 13.9. The second-order valence-electron chi connectivity index (χ2n) is 8.20. The van der Waals surface area contributed by atoms with Crippen LogP contribution in [0.5, 0.6) is 0 Å². The number of halogens is 1. The molecule has 0 bridgehead atoms. The minimum absolute atomic E-state index is 0.0427. The summed E-state index contributed by atoms with van der Waals surface area (Å²) in [6.45, 7) is 2.02. The van der Waals surface area contributed by atoms with Crippen LogP contribution in [-0.2, 0) is 16.5 Å². The molecule has 2 heterocycles. The molecule has 2 aliphatic rings. The number of anilines is 1. The Kier molecular flexibility index (Phi) is 6.08. The number of benzene rings is 1. The Morgan fingerprint density at radius 1 is 1.10 bits per heavy atom. The molecule has 4 rings (SSSR count). The topological polar surface area (TPSA) is 83.4 Å². The fraction of sp³-hybridized carbons (Fsp3) is 0.524. The lowest BCUT2D eigenvalue weighted by Crippen LogP contribution is -2.35. The molecule has 2 fully saturated rings. The summed E-state index contributed by atoms with van der Waals surface area (Å²) < 4.78 is 31.2. The zero-order valence-corrected chi connectivity index (χ0v) is 17.8. The molecule has 1 aromatic carbocycles. The van der Waals surface area contributed by atoms with Gasteiger partial charge in [-0.3, -0.25) is 4.55 Å². The molecule has 156 valence electrons. The van der Waals surface area contributed by atoms with Crippen LogP contribution in [0.3, 0.4) is 0 Å². The average Bonchev–Trinajstić information content (AvgIpc) is 3.48. The van der Waals surface area contributed by atoms with Gasteiger partial charge in [0.2, 0.25) is 5.95 Å². The third-order valence-electron chi connectivity index (χ3n) is 6.27. The van der Waals surface area contributed by atoms with E-state index in [4.69, 9.17) is 16.2 Å². The second kappa shape index (κ2) is 8.58. The Bertz CT molecular complexity index is 927. The van der Waals surface area contributed by atoms with Crippen LogP contribution < -0.4 is 4.90 Å². The summed E-state index contributed by atoms with van der Waals surface area (Å²) >= 11 is 5.87. The van der Waals surface area contributed by atoms with Gasteiger partial charge in [-0.05, 0) is 74.0 Å². The quantitative estimate of drug-likeness (QED) is 0.654. The van der Waals surface area contributed by atoms with Crippen LogP contribution in [0.15, 0.2) is 41.6 Å². The summed E-state index contributed by atoms with van der Waals surface area (Å²) in [6.07, 6.45) is 10.3. The van der Waals surface area contributed by atoms with Gasteiger partial charge in [-0.2, -0.15) is 8.42 Å². The maximum absolute atomic E-state index is 11.1. The Morgan fingerprint density at radius 3 is 2.38 bits per heavy atom. The fourth-order valence-corrected chi connectivity index (χ4v) is 5.15. The summed E-state index contributed by atoms with van der Waals surface area (Å²) in [7, 11) is -4.10. The molecule has 1 aliphatic heterocycles. The summed E-state index contributed by atoms with van der Waals surface area (Å²) in [5.41, 5.74) is 1.12.